The molecular formula is C19H24N2O. The summed E-state index contributed by atoms with van der Waals surface area (Å²) in [5.41, 5.74) is 5.85. The van der Waals surface area contributed by atoms with E-state index < -0.39 is 0 Å². The zero-order valence-electron chi connectivity index (χ0n) is 13.7. The number of hydrogen-bond donors (Lipinski definition) is 2. The number of rotatable bonds is 4. The highest BCUT2D eigenvalue weighted by molar-refractivity contribution is 5.74. The predicted molar refractivity (Wildman–Crippen MR) is 90.9 cm³/mol. The van der Waals surface area contributed by atoms with E-state index in [2.05, 4.69) is 48.7 Å². The van der Waals surface area contributed by atoms with Crippen LogP contribution in [0.1, 0.15) is 40.8 Å². The van der Waals surface area contributed by atoms with Gasteiger partial charge in [0.2, 0.25) is 0 Å². The van der Waals surface area contributed by atoms with Gasteiger partial charge in [0.25, 0.3) is 0 Å². The number of carbonyl (C=O) groups excluding carboxylic acids is 1. The predicted octanol–water partition coefficient (Wildman–Crippen LogP) is 4.17. The summed E-state index contributed by atoms with van der Waals surface area (Å²) in [5, 5.41) is 5.89. The van der Waals surface area contributed by atoms with Crippen molar-refractivity contribution in [2.75, 3.05) is 0 Å². The second kappa shape index (κ2) is 7.12. The molecule has 0 spiro atoms. The van der Waals surface area contributed by atoms with Gasteiger partial charge in [-0.15, -0.1) is 0 Å². The van der Waals surface area contributed by atoms with Gasteiger partial charge < -0.3 is 10.6 Å². The lowest BCUT2D eigenvalue weighted by atomic mass is 10.0. The molecule has 2 N–H and O–H groups in total. The molecule has 2 aromatic carbocycles. The van der Waals surface area contributed by atoms with Crippen molar-refractivity contribution in [3.05, 3.63) is 70.3 Å². The second-order valence-electron chi connectivity index (χ2n) is 5.96. The monoisotopic (exact) mass is 296 g/mol. The molecule has 1 atom stereocenters. The quantitative estimate of drug-likeness (QED) is 0.873. The number of urea groups is 1. The highest BCUT2D eigenvalue weighted by Gasteiger charge is 2.10. The Morgan fingerprint density at radius 3 is 2.32 bits per heavy atom. The van der Waals surface area contributed by atoms with E-state index in [4.69, 9.17) is 0 Å². The molecule has 0 heterocycles. The van der Waals surface area contributed by atoms with E-state index in [1.54, 1.807) is 0 Å². The van der Waals surface area contributed by atoms with Crippen LogP contribution in [0.2, 0.25) is 0 Å². The number of benzene rings is 2. The number of amides is 2. The Balaban J connectivity index is 1.91. The summed E-state index contributed by atoms with van der Waals surface area (Å²) < 4.78 is 0. The highest BCUT2D eigenvalue weighted by Crippen LogP contribution is 2.16. The molecule has 0 aromatic heterocycles. The van der Waals surface area contributed by atoms with Crippen molar-refractivity contribution in [2.45, 2.75) is 40.3 Å². The molecule has 0 bridgehead atoms. The largest absolute Gasteiger partial charge is 0.334 e. The molecule has 0 aliphatic heterocycles. The molecule has 2 rings (SSSR count). The summed E-state index contributed by atoms with van der Waals surface area (Å²) in [6.45, 7) is 8.72. The van der Waals surface area contributed by atoms with Crippen LogP contribution in [0.3, 0.4) is 0 Å². The van der Waals surface area contributed by atoms with Crippen molar-refractivity contribution in [1.82, 2.24) is 10.6 Å². The van der Waals surface area contributed by atoms with Gasteiger partial charge in [0, 0.05) is 6.54 Å². The fourth-order valence-electron chi connectivity index (χ4n) is 2.60. The molecule has 2 aromatic rings. The average Bonchev–Trinajstić information content (AvgIpc) is 2.44. The van der Waals surface area contributed by atoms with Crippen LogP contribution in [0.15, 0.2) is 42.5 Å². The first-order chi connectivity index (χ1) is 10.4. The second-order valence-corrected chi connectivity index (χ2v) is 5.96. The van der Waals surface area contributed by atoms with Crippen molar-refractivity contribution in [2.24, 2.45) is 0 Å². The minimum absolute atomic E-state index is 0.0175. The third-order valence-corrected chi connectivity index (χ3v) is 3.63. The van der Waals surface area contributed by atoms with Gasteiger partial charge >= 0.3 is 6.03 Å². The summed E-state index contributed by atoms with van der Waals surface area (Å²) in [6.07, 6.45) is 0. The minimum atomic E-state index is -0.145. The van der Waals surface area contributed by atoms with Gasteiger partial charge in [-0.2, -0.15) is 0 Å². The molecule has 0 aliphatic rings. The van der Waals surface area contributed by atoms with Gasteiger partial charge in [0.05, 0.1) is 6.04 Å². The Bertz CT molecular complexity index is 644. The summed E-state index contributed by atoms with van der Waals surface area (Å²) in [5.74, 6) is 0. The first-order valence-electron chi connectivity index (χ1n) is 7.62. The van der Waals surface area contributed by atoms with Gasteiger partial charge in [0.1, 0.15) is 0 Å². The third-order valence-electron chi connectivity index (χ3n) is 3.63. The highest BCUT2D eigenvalue weighted by atomic mass is 16.2. The zero-order chi connectivity index (χ0) is 16.1. The van der Waals surface area contributed by atoms with E-state index in [1.807, 2.05) is 32.0 Å². The summed E-state index contributed by atoms with van der Waals surface area (Å²) >= 11 is 0. The Morgan fingerprint density at radius 2 is 1.68 bits per heavy atom. The number of aryl methyl sites for hydroxylation is 3. The maximum atomic E-state index is 12.0. The molecule has 3 nitrogen and oxygen atoms in total. The lowest BCUT2D eigenvalue weighted by molar-refractivity contribution is 0.237. The average molecular weight is 296 g/mol. The van der Waals surface area contributed by atoms with E-state index in [-0.39, 0.29) is 12.1 Å². The van der Waals surface area contributed by atoms with E-state index in [1.165, 1.54) is 16.7 Å². The van der Waals surface area contributed by atoms with Crippen molar-refractivity contribution in [1.29, 1.82) is 0 Å². The fourth-order valence-corrected chi connectivity index (χ4v) is 2.60. The van der Waals surface area contributed by atoms with Crippen LogP contribution in [0.5, 0.6) is 0 Å². The summed E-state index contributed by atoms with van der Waals surface area (Å²) in [6, 6.07) is 14.3. The molecule has 3 heteroatoms. The first-order valence-corrected chi connectivity index (χ1v) is 7.62. The molecule has 0 aliphatic carbocycles. The topological polar surface area (TPSA) is 41.1 Å². The Labute approximate surface area is 132 Å². The first kappa shape index (κ1) is 16.1. The van der Waals surface area contributed by atoms with Crippen molar-refractivity contribution in [3.63, 3.8) is 0 Å². The minimum Gasteiger partial charge on any atom is -0.334 e. The molecule has 0 saturated heterocycles. The van der Waals surface area contributed by atoms with Gasteiger partial charge in [-0.05, 0) is 38.8 Å². The van der Waals surface area contributed by atoms with Gasteiger partial charge in [-0.1, -0.05) is 59.2 Å². The van der Waals surface area contributed by atoms with Crippen LogP contribution < -0.4 is 10.6 Å². The molecule has 0 saturated carbocycles. The van der Waals surface area contributed by atoms with Crippen molar-refractivity contribution < 1.29 is 4.79 Å². The molecule has 116 valence electrons. The third kappa shape index (κ3) is 4.62. The Kier molecular flexibility index (Phi) is 5.21. The molecule has 0 fully saturated rings. The normalized spacial score (nSPS) is 11.8. The van der Waals surface area contributed by atoms with Crippen LogP contribution in [0, 0.1) is 20.8 Å². The van der Waals surface area contributed by atoms with E-state index >= 15 is 0 Å². The smallest absolute Gasteiger partial charge is 0.315 e. The van der Waals surface area contributed by atoms with Crippen LogP contribution in [-0.4, -0.2) is 6.03 Å². The van der Waals surface area contributed by atoms with Crippen LogP contribution >= 0.6 is 0 Å². The van der Waals surface area contributed by atoms with Gasteiger partial charge in [-0.3, -0.25) is 0 Å². The molecule has 22 heavy (non-hydrogen) atoms. The van der Waals surface area contributed by atoms with Crippen LogP contribution in [-0.2, 0) is 6.54 Å². The number of nitrogens with one attached hydrogen (secondary N) is 2. The lowest BCUT2D eigenvalue weighted by Gasteiger charge is -2.16. The summed E-state index contributed by atoms with van der Waals surface area (Å²) in [4.78, 5) is 12.0. The van der Waals surface area contributed by atoms with Gasteiger partial charge in [0.15, 0.2) is 0 Å². The maximum absolute atomic E-state index is 12.0. The van der Waals surface area contributed by atoms with E-state index in [0.717, 1.165) is 11.1 Å². The standard InChI is InChI=1S/C19H24N2O/c1-13-6-5-7-17(9-13)12-20-19(22)21-16(4)18-10-14(2)8-15(3)11-18/h5-11,16H,12H2,1-4H3,(H2,20,21,22). The molecule has 2 amide bonds. The molecular weight excluding hydrogens is 272 g/mol. The SMILES string of the molecule is Cc1cccc(CNC(=O)NC(C)c2cc(C)cc(C)c2)c1. The van der Waals surface area contributed by atoms with E-state index in [0.29, 0.717) is 6.54 Å². The van der Waals surface area contributed by atoms with Gasteiger partial charge in [-0.25, -0.2) is 4.79 Å². The van der Waals surface area contributed by atoms with E-state index in [9.17, 15) is 4.79 Å². The van der Waals surface area contributed by atoms with Crippen molar-refractivity contribution >= 4 is 6.03 Å². The van der Waals surface area contributed by atoms with Crippen LogP contribution in [0.4, 0.5) is 4.79 Å². The Morgan fingerprint density at radius 1 is 1.00 bits per heavy atom. The lowest BCUT2D eigenvalue weighted by Crippen LogP contribution is -2.36. The number of carbonyl (C=O) groups is 1. The zero-order valence-corrected chi connectivity index (χ0v) is 13.7. The molecule has 0 radical (unpaired) electrons. The van der Waals surface area contributed by atoms with Crippen molar-refractivity contribution in [3.8, 4) is 0 Å². The van der Waals surface area contributed by atoms with Crippen LogP contribution in [0.25, 0.3) is 0 Å². The Hall–Kier alpha value is -2.29. The summed E-state index contributed by atoms with van der Waals surface area (Å²) in [7, 11) is 0. The molecule has 1 unspecified atom stereocenters. The number of hydrogen-bond acceptors (Lipinski definition) is 1. The maximum Gasteiger partial charge on any atom is 0.315 e. The fraction of sp³-hybridized carbons (Fsp3) is 0.316.